The molecule has 2 aromatic carbocycles. The van der Waals surface area contributed by atoms with E-state index in [1.165, 1.54) is 6.21 Å². The summed E-state index contributed by atoms with van der Waals surface area (Å²) in [5, 5.41) is 6.73. The summed E-state index contributed by atoms with van der Waals surface area (Å²) in [7, 11) is 0. The molecule has 132 valence electrons. The van der Waals surface area contributed by atoms with Crippen LogP contribution in [0.4, 0.5) is 10.5 Å². The van der Waals surface area contributed by atoms with E-state index in [2.05, 4.69) is 15.8 Å². The van der Waals surface area contributed by atoms with Crippen LogP contribution in [-0.4, -0.2) is 25.5 Å². The molecule has 0 spiro atoms. The number of aryl methyl sites for hydroxylation is 1. The summed E-state index contributed by atoms with van der Waals surface area (Å²) in [6, 6.07) is 12.6. The van der Waals surface area contributed by atoms with E-state index in [0.717, 1.165) is 22.6 Å². The highest BCUT2D eigenvalue weighted by atomic mass is 16.5. The third-order valence-electron chi connectivity index (χ3n) is 3.36. The number of carbonyl (C=O) groups excluding carboxylic acids is 1. The molecule has 0 aliphatic carbocycles. The van der Waals surface area contributed by atoms with Crippen molar-refractivity contribution < 1.29 is 14.3 Å². The number of nitrogens with zero attached hydrogens (tertiary/aromatic N) is 1. The van der Waals surface area contributed by atoms with E-state index in [4.69, 9.17) is 9.47 Å². The van der Waals surface area contributed by atoms with Crippen LogP contribution in [0, 0.1) is 6.92 Å². The number of hydrogen-bond donors (Lipinski definition) is 2. The highest BCUT2D eigenvalue weighted by molar-refractivity contribution is 5.91. The van der Waals surface area contributed by atoms with Crippen LogP contribution in [0.3, 0.4) is 0 Å². The van der Waals surface area contributed by atoms with Gasteiger partial charge in [-0.15, -0.1) is 0 Å². The van der Waals surface area contributed by atoms with Crippen LogP contribution in [0.15, 0.2) is 47.6 Å². The van der Waals surface area contributed by atoms with Gasteiger partial charge in [0.15, 0.2) is 0 Å². The first kappa shape index (κ1) is 18.3. The lowest BCUT2D eigenvalue weighted by Gasteiger charge is -2.10. The van der Waals surface area contributed by atoms with E-state index in [1.54, 1.807) is 0 Å². The van der Waals surface area contributed by atoms with Gasteiger partial charge in [0.2, 0.25) is 0 Å². The summed E-state index contributed by atoms with van der Waals surface area (Å²) in [5.41, 5.74) is 4.92. The first-order valence-corrected chi connectivity index (χ1v) is 8.19. The van der Waals surface area contributed by atoms with Gasteiger partial charge in [0.05, 0.1) is 19.4 Å². The highest BCUT2D eigenvalue weighted by Crippen LogP contribution is 2.24. The minimum absolute atomic E-state index is 0.408. The molecule has 2 aromatic rings. The molecule has 25 heavy (non-hydrogen) atoms. The Hall–Kier alpha value is -3.02. The molecule has 2 rings (SSSR count). The van der Waals surface area contributed by atoms with Gasteiger partial charge in [0, 0.05) is 17.3 Å². The monoisotopic (exact) mass is 341 g/mol. The fourth-order valence-electron chi connectivity index (χ4n) is 2.18. The lowest BCUT2D eigenvalue weighted by molar-refractivity contribution is 0.252. The molecule has 0 saturated heterocycles. The van der Waals surface area contributed by atoms with E-state index in [1.807, 2.05) is 63.2 Å². The predicted molar refractivity (Wildman–Crippen MR) is 99.7 cm³/mol. The Morgan fingerprint density at radius 3 is 2.60 bits per heavy atom. The number of hydrogen-bond acceptors (Lipinski definition) is 4. The molecule has 0 radical (unpaired) electrons. The second-order valence-electron chi connectivity index (χ2n) is 5.20. The topological polar surface area (TPSA) is 72.0 Å². The number of urea groups is 1. The SMILES string of the molecule is CCOc1ccc(C=NNC(=O)Nc2ccccc2C)c(OCC)c1. The van der Waals surface area contributed by atoms with Gasteiger partial charge in [-0.2, -0.15) is 5.10 Å². The minimum Gasteiger partial charge on any atom is -0.494 e. The van der Waals surface area contributed by atoms with Crippen molar-refractivity contribution in [2.24, 2.45) is 5.10 Å². The maximum Gasteiger partial charge on any atom is 0.339 e. The van der Waals surface area contributed by atoms with Crippen LogP contribution in [0.25, 0.3) is 0 Å². The van der Waals surface area contributed by atoms with Crippen LogP contribution in [0.1, 0.15) is 25.0 Å². The van der Waals surface area contributed by atoms with Crippen molar-refractivity contribution in [3.8, 4) is 11.5 Å². The number of rotatable bonds is 7. The van der Waals surface area contributed by atoms with Crippen LogP contribution >= 0.6 is 0 Å². The summed E-state index contributed by atoms with van der Waals surface area (Å²) in [4.78, 5) is 11.9. The zero-order chi connectivity index (χ0) is 18.1. The zero-order valence-electron chi connectivity index (χ0n) is 14.7. The average molecular weight is 341 g/mol. The van der Waals surface area contributed by atoms with Crippen molar-refractivity contribution in [1.29, 1.82) is 0 Å². The van der Waals surface area contributed by atoms with Crippen molar-refractivity contribution >= 4 is 17.9 Å². The number of ether oxygens (including phenoxy) is 2. The van der Waals surface area contributed by atoms with E-state index >= 15 is 0 Å². The lowest BCUT2D eigenvalue weighted by atomic mass is 10.2. The molecule has 0 atom stereocenters. The van der Waals surface area contributed by atoms with Gasteiger partial charge in [0.1, 0.15) is 11.5 Å². The molecule has 2 amide bonds. The summed E-state index contributed by atoms with van der Waals surface area (Å²) in [6.07, 6.45) is 1.54. The van der Waals surface area contributed by atoms with Crippen LogP contribution in [-0.2, 0) is 0 Å². The summed E-state index contributed by atoms with van der Waals surface area (Å²) in [5.74, 6) is 1.38. The van der Waals surface area contributed by atoms with E-state index in [9.17, 15) is 4.79 Å². The third-order valence-corrected chi connectivity index (χ3v) is 3.36. The van der Waals surface area contributed by atoms with Crippen LogP contribution in [0.5, 0.6) is 11.5 Å². The van der Waals surface area contributed by atoms with Gasteiger partial charge in [-0.05, 0) is 44.5 Å². The van der Waals surface area contributed by atoms with Gasteiger partial charge in [-0.25, -0.2) is 10.2 Å². The Morgan fingerprint density at radius 2 is 1.88 bits per heavy atom. The predicted octanol–water partition coefficient (Wildman–Crippen LogP) is 3.95. The molecule has 0 aliphatic heterocycles. The van der Waals surface area contributed by atoms with Crippen molar-refractivity contribution in [2.45, 2.75) is 20.8 Å². The average Bonchev–Trinajstić information content (AvgIpc) is 2.59. The second kappa shape index (κ2) is 9.32. The Morgan fingerprint density at radius 1 is 1.12 bits per heavy atom. The van der Waals surface area contributed by atoms with Gasteiger partial charge >= 0.3 is 6.03 Å². The van der Waals surface area contributed by atoms with Crippen molar-refractivity contribution in [2.75, 3.05) is 18.5 Å². The Bertz CT molecular complexity index is 744. The molecular formula is C19H23N3O3. The molecule has 6 heteroatoms. The number of carbonyl (C=O) groups is 1. The van der Waals surface area contributed by atoms with E-state index < -0.39 is 6.03 Å². The smallest absolute Gasteiger partial charge is 0.339 e. The summed E-state index contributed by atoms with van der Waals surface area (Å²) in [6.45, 7) is 6.86. The molecule has 0 fully saturated rings. The summed E-state index contributed by atoms with van der Waals surface area (Å²) < 4.78 is 11.1. The fourth-order valence-corrected chi connectivity index (χ4v) is 2.18. The first-order chi connectivity index (χ1) is 12.1. The zero-order valence-corrected chi connectivity index (χ0v) is 14.7. The fraction of sp³-hybridized carbons (Fsp3) is 0.263. The maximum absolute atomic E-state index is 11.9. The molecule has 0 aliphatic rings. The molecule has 0 unspecified atom stereocenters. The van der Waals surface area contributed by atoms with Crippen molar-refractivity contribution in [1.82, 2.24) is 5.43 Å². The van der Waals surface area contributed by atoms with Gasteiger partial charge in [-0.3, -0.25) is 0 Å². The maximum atomic E-state index is 11.9. The number of benzene rings is 2. The third kappa shape index (κ3) is 5.53. The Balaban J connectivity index is 2.01. The van der Waals surface area contributed by atoms with Gasteiger partial charge in [-0.1, -0.05) is 18.2 Å². The molecule has 2 N–H and O–H groups in total. The molecule has 0 aromatic heterocycles. The van der Waals surface area contributed by atoms with Crippen LogP contribution in [0.2, 0.25) is 0 Å². The standard InChI is InChI=1S/C19H23N3O3/c1-4-24-16-11-10-15(18(12-16)25-5-2)13-20-22-19(23)21-17-9-7-6-8-14(17)3/h6-13H,4-5H2,1-3H3,(H2,21,22,23). The molecule has 0 bridgehead atoms. The Kier molecular flexibility index (Phi) is 6.83. The molecular weight excluding hydrogens is 318 g/mol. The number of anilines is 1. The number of amides is 2. The lowest BCUT2D eigenvalue weighted by Crippen LogP contribution is -2.24. The molecule has 6 nitrogen and oxygen atoms in total. The van der Waals surface area contributed by atoms with E-state index in [-0.39, 0.29) is 0 Å². The molecule has 0 saturated carbocycles. The quantitative estimate of drug-likeness (QED) is 0.592. The van der Waals surface area contributed by atoms with E-state index in [0.29, 0.717) is 19.0 Å². The molecule has 0 heterocycles. The highest BCUT2D eigenvalue weighted by Gasteiger charge is 2.05. The van der Waals surface area contributed by atoms with Gasteiger partial charge < -0.3 is 14.8 Å². The number of hydrazone groups is 1. The second-order valence-corrected chi connectivity index (χ2v) is 5.20. The Labute approximate surface area is 147 Å². The normalized spacial score (nSPS) is 10.5. The number of para-hydroxylation sites is 1. The van der Waals surface area contributed by atoms with Crippen molar-refractivity contribution in [3.05, 3.63) is 53.6 Å². The first-order valence-electron chi connectivity index (χ1n) is 8.19. The number of nitrogens with one attached hydrogen (secondary N) is 2. The minimum atomic E-state index is -0.408. The van der Waals surface area contributed by atoms with Gasteiger partial charge in [0.25, 0.3) is 0 Å². The largest absolute Gasteiger partial charge is 0.494 e. The van der Waals surface area contributed by atoms with Crippen LogP contribution < -0.4 is 20.2 Å². The van der Waals surface area contributed by atoms with Crippen molar-refractivity contribution in [3.63, 3.8) is 0 Å². The summed E-state index contributed by atoms with van der Waals surface area (Å²) >= 11 is 0.